The van der Waals surface area contributed by atoms with E-state index in [2.05, 4.69) is 6.92 Å². The molecule has 1 saturated carbocycles. The van der Waals surface area contributed by atoms with E-state index in [-0.39, 0.29) is 0 Å². The molecule has 0 saturated heterocycles. The van der Waals surface area contributed by atoms with Crippen LogP contribution in [0.1, 0.15) is 45.4 Å². The van der Waals surface area contributed by atoms with Gasteiger partial charge in [-0.2, -0.15) is 0 Å². The average Bonchev–Trinajstić information content (AvgIpc) is 2.05. The van der Waals surface area contributed by atoms with E-state index >= 15 is 0 Å². The molecular weight excluding hydrogens is 144 g/mol. The van der Waals surface area contributed by atoms with Crippen molar-refractivity contribution in [3.05, 3.63) is 0 Å². The molecule has 0 aromatic carbocycles. The van der Waals surface area contributed by atoms with Gasteiger partial charge in [0.1, 0.15) is 0 Å². The molecular formula is C9H17Cl. The molecule has 0 heterocycles. The monoisotopic (exact) mass is 160 g/mol. The minimum absolute atomic E-state index is 0.459. The molecule has 1 unspecified atom stereocenters. The van der Waals surface area contributed by atoms with Gasteiger partial charge in [-0.3, -0.25) is 0 Å². The predicted molar refractivity (Wildman–Crippen MR) is 46.5 cm³/mol. The van der Waals surface area contributed by atoms with Crippen LogP contribution >= 0.6 is 11.6 Å². The molecule has 0 bridgehead atoms. The van der Waals surface area contributed by atoms with Crippen LogP contribution in [0.25, 0.3) is 0 Å². The normalized spacial score (nSPS) is 24.6. The summed E-state index contributed by atoms with van der Waals surface area (Å²) < 4.78 is 0. The molecule has 1 fully saturated rings. The Morgan fingerprint density at radius 1 is 1.30 bits per heavy atom. The van der Waals surface area contributed by atoms with Crippen LogP contribution in [0.4, 0.5) is 0 Å². The van der Waals surface area contributed by atoms with E-state index in [4.69, 9.17) is 11.6 Å². The molecule has 1 atom stereocenters. The molecule has 1 aliphatic carbocycles. The predicted octanol–water partition coefficient (Wildman–Crippen LogP) is 3.58. The summed E-state index contributed by atoms with van der Waals surface area (Å²) in [6, 6.07) is 0. The number of hydrogen-bond acceptors (Lipinski definition) is 0. The minimum Gasteiger partial charge on any atom is -0.123 e. The van der Waals surface area contributed by atoms with Gasteiger partial charge in [0.05, 0.1) is 0 Å². The van der Waals surface area contributed by atoms with E-state index in [1.54, 1.807) is 0 Å². The number of hydrogen-bond donors (Lipinski definition) is 0. The zero-order valence-corrected chi connectivity index (χ0v) is 7.53. The van der Waals surface area contributed by atoms with Gasteiger partial charge in [0.15, 0.2) is 0 Å². The maximum atomic E-state index is 6.14. The highest BCUT2D eigenvalue weighted by Gasteiger charge is 2.19. The van der Waals surface area contributed by atoms with Crippen LogP contribution in [0.2, 0.25) is 0 Å². The van der Waals surface area contributed by atoms with Gasteiger partial charge in [0.2, 0.25) is 0 Å². The molecule has 0 spiro atoms. The van der Waals surface area contributed by atoms with Crippen molar-refractivity contribution in [3.63, 3.8) is 0 Å². The molecule has 0 aromatic heterocycles. The summed E-state index contributed by atoms with van der Waals surface area (Å²) in [6.07, 6.45) is 8.15. The summed E-state index contributed by atoms with van der Waals surface area (Å²) in [4.78, 5) is 0. The lowest BCUT2D eigenvalue weighted by atomic mass is 9.86. The van der Waals surface area contributed by atoms with Crippen LogP contribution in [0.15, 0.2) is 0 Å². The van der Waals surface area contributed by atoms with Crippen molar-refractivity contribution < 1.29 is 0 Å². The Balaban J connectivity index is 2.24. The zero-order valence-electron chi connectivity index (χ0n) is 6.78. The van der Waals surface area contributed by atoms with Crippen LogP contribution in [0.5, 0.6) is 0 Å². The second kappa shape index (κ2) is 4.23. The second-order valence-electron chi connectivity index (χ2n) is 3.32. The largest absolute Gasteiger partial charge is 0.123 e. The van der Waals surface area contributed by atoms with Crippen molar-refractivity contribution in [1.29, 1.82) is 0 Å². The molecule has 1 rings (SSSR count). The van der Waals surface area contributed by atoms with E-state index in [9.17, 15) is 0 Å². The van der Waals surface area contributed by atoms with E-state index in [1.165, 1.54) is 32.1 Å². The minimum atomic E-state index is 0.459. The molecule has 0 nitrogen and oxygen atoms in total. The Bertz CT molecular complexity index is 84.7. The highest BCUT2D eigenvalue weighted by Crippen LogP contribution is 2.30. The SMILES string of the molecule is CCC(Cl)C1CCCCC1. The second-order valence-corrected chi connectivity index (χ2v) is 3.88. The molecule has 60 valence electrons. The lowest BCUT2D eigenvalue weighted by Crippen LogP contribution is -2.16. The maximum absolute atomic E-state index is 6.14. The molecule has 0 aromatic rings. The molecule has 1 heteroatoms. The molecule has 0 amide bonds. The first-order chi connectivity index (χ1) is 4.84. The van der Waals surface area contributed by atoms with Crippen molar-refractivity contribution in [1.82, 2.24) is 0 Å². The van der Waals surface area contributed by atoms with Gasteiger partial charge in [0, 0.05) is 5.38 Å². The number of alkyl halides is 1. The van der Waals surface area contributed by atoms with Gasteiger partial charge in [-0.1, -0.05) is 26.2 Å². The van der Waals surface area contributed by atoms with Crippen molar-refractivity contribution >= 4 is 11.6 Å². The van der Waals surface area contributed by atoms with Crippen molar-refractivity contribution in [2.24, 2.45) is 5.92 Å². The molecule has 0 radical (unpaired) electrons. The smallest absolute Gasteiger partial charge is 0.0361 e. The van der Waals surface area contributed by atoms with Gasteiger partial charge in [-0.25, -0.2) is 0 Å². The lowest BCUT2D eigenvalue weighted by Gasteiger charge is -2.24. The standard InChI is InChI=1S/C9H17Cl/c1-2-9(10)8-6-4-3-5-7-8/h8-9H,2-7H2,1H3. The first kappa shape index (κ1) is 8.39. The summed E-state index contributed by atoms with van der Waals surface area (Å²) >= 11 is 6.14. The highest BCUT2D eigenvalue weighted by atomic mass is 35.5. The van der Waals surface area contributed by atoms with Crippen LogP contribution < -0.4 is 0 Å². The van der Waals surface area contributed by atoms with Crippen molar-refractivity contribution in [2.75, 3.05) is 0 Å². The van der Waals surface area contributed by atoms with E-state index in [0.717, 1.165) is 12.3 Å². The quantitative estimate of drug-likeness (QED) is 0.542. The Hall–Kier alpha value is 0.290. The summed E-state index contributed by atoms with van der Waals surface area (Å²) in [6.45, 7) is 2.19. The van der Waals surface area contributed by atoms with E-state index in [0.29, 0.717) is 5.38 Å². The summed E-state index contributed by atoms with van der Waals surface area (Å²) in [7, 11) is 0. The summed E-state index contributed by atoms with van der Waals surface area (Å²) in [5.41, 5.74) is 0. The first-order valence-electron chi connectivity index (χ1n) is 4.48. The van der Waals surface area contributed by atoms with Crippen molar-refractivity contribution in [3.8, 4) is 0 Å². The van der Waals surface area contributed by atoms with Gasteiger partial charge in [-0.05, 0) is 25.2 Å². The van der Waals surface area contributed by atoms with Crippen LogP contribution in [0.3, 0.4) is 0 Å². The lowest BCUT2D eigenvalue weighted by molar-refractivity contribution is 0.341. The van der Waals surface area contributed by atoms with Crippen LogP contribution in [0, 0.1) is 5.92 Å². The summed E-state index contributed by atoms with van der Waals surface area (Å²) in [5.74, 6) is 0.834. The van der Waals surface area contributed by atoms with Crippen molar-refractivity contribution in [2.45, 2.75) is 50.8 Å². The van der Waals surface area contributed by atoms with Crippen LogP contribution in [-0.2, 0) is 0 Å². The third-order valence-electron chi connectivity index (χ3n) is 2.55. The zero-order chi connectivity index (χ0) is 7.40. The maximum Gasteiger partial charge on any atom is 0.0361 e. The van der Waals surface area contributed by atoms with E-state index < -0.39 is 0 Å². The fourth-order valence-electron chi connectivity index (χ4n) is 1.83. The fraction of sp³-hybridized carbons (Fsp3) is 1.00. The Morgan fingerprint density at radius 2 is 1.90 bits per heavy atom. The average molecular weight is 161 g/mol. The van der Waals surface area contributed by atoms with E-state index in [1.807, 2.05) is 0 Å². The number of halogens is 1. The van der Waals surface area contributed by atoms with Gasteiger partial charge >= 0.3 is 0 Å². The van der Waals surface area contributed by atoms with Gasteiger partial charge < -0.3 is 0 Å². The van der Waals surface area contributed by atoms with Gasteiger partial charge in [-0.15, -0.1) is 11.6 Å². The third-order valence-corrected chi connectivity index (χ3v) is 3.22. The number of rotatable bonds is 2. The molecule has 0 aliphatic heterocycles. The Labute approximate surface area is 69.0 Å². The molecule has 1 aliphatic rings. The Morgan fingerprint density at radius 3 is 2.40 bits per heavy atom. The third kappa shape index (κ3) is 2.16. The van der Waals surface area contributed by atoms with Gasteiger partial charge in [0.25, 0.3) is 0 Å². The summed E-state index contributed by atoms with van der Waals surface area (Å²) in [5, 5.41) is 0.459. The highest BCUT2D eigenvalue weighted by molar-refractivity contribution is 6.20. The Kier molecular flexibility index (Phi) is 3.55. The first-order valence-corrected chi connectivity index (χ1v) is 4.92. The molecule has 10 heavy (non-hydrogen) atoms. The topological polar surface area (TPSA) is 0 Å². The van der Waals surface area contributed by atoms with Crippen LogP contribution in [-0.4, -0.2) is 5.38 Å². The fourth-order valence-corrected chi connectivity index (χ4v) is 2.08. The molecule has 0 N–H and O–H groups in total.